The van der Waals surface area contributed by atoms with Crippen LogP contribution in [0.4, 0.5) is 4.79 Å². The first-order valence-electron chi connectivity index (χ1n) is 8.22. The zero-order valence-corrected chi connectivity index (χ0v) is 17.3. The van der Waals surface area contributed by atoms with Gasteiger partial charge in [0.25, 0.3) is 0 Å². The zero-order chi connectivity index (χ0) is 17.1. The van der Waals surface area contributed by atoms with E-state index in [1.807, 2.05) is 14.0 Å². The number of nitrogens with one attached hydrogen (secondary N) is 1. The molecule has 1 saturated heterocycles. The molecule has 1 aliphatic rings. The highest BCUT2D eigenvalue weighted by Crippen LogP contribution is 2.11. The third kappa shape index (κ3) is 9.48. The first kappa shape index (κ1) is 23.2. The van der Waals surface area contributed by atoms with Crippen LogP contribution in [0, 0.1) is 0 Å². The van der Waals surface area contributed by atoms with Crippen LogP contribution in [0.2, 0.25) is 0 Å². The van der Waals surface area contributed by atoms with E-state index in [1.165, 1.54) is 0 Å². The van der Waals surface area contributed by atoms with Gasteiger partial charge in [0.1, 0.15) is 0 Å². The Labute approximate surface area is 162 Å². The van der Waals surface area contributed by atoms with Crippen molar-refractivity contribution in [2.45, 2.75) is 25.8 Å². The van der Waals surface area contributed by atoms with Crippen LogP contribution in [0.3, 0.4) is 0 Å². The third-order valence-electron chi connectivity index (χ3n) is 3.81. The highest BCUT2D eigenvalue weighted by molar-refractivity contribution is 14.0. The van der Waals surface area contributed by atoms with Crippen LogP contribution in [0.5, 0.6) is 0 Å². The fourth-order valence-electron chi connectivity index (χ4n) is 2.38. The number of likely N-dealkylation sites (N-methyl/N-ethyl adjacent to an activating group) is 1. The van der Waals surface area contributed by atoms with Crippen LogP contribution in [-0.2, 0) is 9.47 Å². The molecule has 0 radical (unpaired) electrons. The molecule has 0 aromatic heterocycles. The first-order valence-corrected chi connectivity index (χ1v) is 8.22. The number of aliphatic imine (C=N–C) groups is 1. The van der Waals surface area contributed by atoms with Gasteiger partial charge in [-0.25, -0.2) is 4.79 Å². The Balaban J connectivity index is 0.00000529. The molecular formula is C15H32IN5O3. The topological polar surface area (TPSA) is 92.4 Å². The lowest BCUT2D eigenvalue weighted by Crippen LogP contribution is -2.48. The lowest BCUT2D eigenvalue weighted by atomic mass is 10.1. The Morgan fingerprint density at radius 3 is 2.62 bits per heavy atom. The summed E-state index contributed by atoms with van der Waals surface area (Å²) in [6, 6.07) is 0.260. The molecule has 1 aliphatic heterocycles. The van der Waals surface area contributed by atoms with Crippen LogP contribution in [0.15, 0.2) is 4.99 Å². The fraction of sp³-hybridized carbons (Fsp3) is 0.867. The summed E-state index contributed by atoms with van der Waals surface area (Å²) in [5, 5.41) is 3.23. The second-order valence-corrected chi connectivity index (χ2v) is 5.67. The molecular weight excluding hydrogens is 425 g/mol. The van der Waals surface area contributed by atoms with Crippen molar-refractivity contribution < 1.29 is 14.3 Å². The number of hydrogen-bond donors (Lipinski definition) is 2. The van der Waals surface area contributed by atoms with Gasteiger partial charge in [-0.2, -0.15) is 0 Å². The molecule has 0 bridgehead atoms. The molecule has 1 rings (SSSR count). The van der Waals surface area contributed by atoms with Gasteiger partial charge in [0.05, 0.1) is 19.8 Å². The number of nitrogens with zero attached hydrogens (tertiary/aromatic N) is 3. The standard InChI is InChI=1S/C15H31N5O3.HI/c1-4-23-15(21)20-8-5-13(6-9-20)18-14(16)17-7-10-19(2)11-12-22-3;/h13H,4-12H2,1-3H3,(H3,16,17,18);1H. The zero-order valence-electron chi connectivity index (χ0n) is 15.0. The fourth-order valence-corrected chi connectivity index (χ4v) is 2.38. The van der Waals surface area contributed by atoms with Crippen molar-refractivity contribution in [3.8, 4) is 0 Å². The summed E-state index contributed by atoms with van der Waals surface area (Å²) in [6.07, 6.45) is 1.47. The molecule has 1 fully saturated rings. The highest BCUT2D eigenvalue weighted by atomic mass is 127. The van der Waals surface area contributed by atoms with E-state index in [9.17, 15) is 4.79 Å². The van der Waals surface area contributed by atoms with Gasteiger partial charge < -0.3 is 30.3 Å². The van der Waals surface area contributed by atoms with Gasteiger partial charge in [-0.3, -0.25) is 4.99 Å². The van der Waals surface area contributed by atoms with Gasteiger partial charge in [-0.15, -0.1) is 24.0 Å². The lowest BCUT2D eigenvalue weighted by Gasteiger charge is -2.31. The van der Waals surface area contributed by atoms with Crippen LogP contribution in [0.1, 0.15) is 19.8 Å². The second kappa shape index (κ2) is 13.5. The number of amides is 1. The van der Waals surface area contributed by atoms with Crippen molar-refractivity contribution in [1.29, 1.82) is 0 Å². The van der Waals surface area contributed by atoms with Gasteiger partial charge >= 0.3 is 6.09 Å². The average molecular weight is 457 g/mol. The SMILES string of the molecule is CCOC(=O)N1CCC(NC(N)=NCCN(C)CCOC)CC1.I. The molecule has 3 N–H and O–H groups in total. The normalized spacial score (nSPS) is 16.0. The van der Waals surface area contributed by atoms with Crippen LogP contribution in [-0.4, -0.2) is 88.0 Å². The summed E-state index contributed by atoms with van der Waals surface area (Å²) in [5.74, 6) is 0.472. The van der Waals surface area contributed by atoms with E-state index in [0.717, 1.165) is 25.9 Å². The van der Waals surface area contributed by atoms with Crippen molar-refractivity contribution in [2.75, 3.05) is 60.1 Å². The largest absolute Gasteiger partial charge is 0.450 e. The van der Waals surface area contributed by atoms with Crippen LogP contribution >= 0.6 is 24.0 Å². The summed E-state index contributed by atoms with van der Waals surface area (Å²) in [5.41, 5.74) is 5.92. The molecule has 24 heavy (non-hydrogen) atoms. The Hall–Kier alpha value is -0.810. The van der Waals surface area contributed by atoms with Gasteiger partial charge in [-0.05, 0) is 26.8 Å². The number of carbonyl (C=O) groups excluding carboxylic acids is 1. The summed E-state index contributed by atoms with van der Waals surface area (Å²) >= 11 is 0. The molecule has 0 aliphatic carbocycles. The van der Waals surface area contributed by atoms with E-state index >= 15 is 0 Å². The van der Waals surface area contributed by atoms with E-state index in [0.29, 0.717) is 38.8 Å². The van der Waals surface area contributed by atoms with E-state index in [1.54, 1.807) is 12.0 Å². The number of rotatable bonds is 8. The maximum atomic E-state index is 11.6. The number of nitrogens with two attached hydrogens (primary N) is 1. The van der Waals surface area contributed by atoms with Crippen molar-refractivity contribution in [3.63, 3.8) is 0 Å². The minimum absolute atomic E-state index is 0. The lowest BCUT2D eigenvalue weighted by molar-refractivity contribution is 0.0963. The third-order valence-corrected chi connectivity index (χ3v) is 3.81. The highest BCUT2D eigenvalue weighted by Gasteiger charge is 2.23. The number of guanidine groups is 1. The maximum Gasteiger partial charge on any atom is 0.409 e. The number of ether oxygens (including phenoxy) is 2. The minimum Gasteiger partial charge on any atom is -0.450 e. The monoisotopic (exact) mass is 457 g/mol. The molecule has 1 amide bonds. The van der Waals surface area contributed by atoms with Crippen molar-refractivity contribution >= 4 is 36.0 Å². The Morgan fingerprint density at radius 2 is 2.04 bits per heavy atom. The van der Waals surface area contributed by atoms with E-state index < -0.39 is 0 Å². The number of methoxy groups -OCH3 is 1. The Bertz CT molecular complexity index is 376. The van der Waals surface area contributed by atoms with Crippen molar-refractivity contribution in [2.24, 2.45) is 10.7 Å². The van der Waals surface area contributed by atoms with Crippen molar-refractivity contribution in [3.05, 3.63) is 0 Å². The predicted octanol–water partition coefficient (Wildman–Crippen LogP) is 0.708. The summed E-state index contributed by atoms with van der Waals surface area (Å²) in [6.45, 7) is 6.69. The number of piperidine rings is 1. The van der Waals surface area contributed by atoms with Gasteiger partial charge in [0, 0.05) is 39.3 Å². The number of likely N-dealkylation sites (tertiary alicyclic amines) is 1. The molecule has 9 heteroatoms. The number of hydrogen-bond acceptors (Lipinski definition) is 5. The number of carbonyl (C=O) groups is 1. The summed E-state index contributed by atoms with van der Waals surface area (Å²) in [4.78, 5) is 19.9. The van der Waals surface area contributed by atoms with Gasteiger partial charge in [0.15, 0.2) is 5.96 Å². The molecule has 0 aromatic rings. The first-order chi connectivity index (χ1) is 11.1. The molecule has 0 atom stereocenters. The molecule has 0 unspecified atom stereocenters. The van der Waals surface area contributed by atoms with Crippen LogP contribution in [0.25, 0.3) is 0 Å². The average Bonchev–Trinajstić information content (AvgIpc) is 2.53. The minimum atomic E-state index is -0.230. The Morgan fingerprint density at radius 1 is 1.38 bits per heavy atom. The predicted molar refractivity (Wildman–Crippen MR) is 106 cm³/mol. The molecule has 0 saturated carbocycles. The quantitative estimate of drug-likeness (QED) is 0.317. The molecule has 0 aromatic carbocycles. The smallest absolute Gasteiger partial charge is 0.409 e. The van der Waals surface area contributed by atoms with Gasteiger partial charge in [0.2, 0.25) is 0 Å². The van der Waals surface area contributed by atoms with E-state index in [2.05, 4.69) is 15.2 Å². The molecule has 0 spiro atoms. The van der Waals surface area contributed by atoms with Crippen LogP contribution < -0.4 is 11.1 Å². The van der Waals surface area contributed by atoms with E-state index in [-0.39, 0.29) is 36.1 Å². The molecule has 1 heterocycles. The summed E-state index contributed by atoms with van der Waals surface area (Å²) < 4.78 is 10.0. The number of halogens is 1. The van der Waals surface area contributed by atoms with Crippen molar-refractivity contribution in [1.82, 2.24) is 15.1 Å². The van der Waals surface area contributed by atoms with E-state index in [4.69, 9.17) is 15.2 Å². The molecule has 8 nitrogen and oxygen atoms in total. The molecule has 142 valence electrons. The van der Waals surface area contributed by atoms with Gasteiger partial charge in [-0.1, -0.05) is 0 Å². The maximum absolute atomic E-state index is 11.6. The summed E-state index contributed by atoms with van der Waals surface area (Å²) in [7, 11) is 3.73. The second-order valence-electron chi connectivity index (χ2n) is 5.67. The Kier molecular flexibility index (Phi) is 13.0.